The fourth-order valence-corrected chi connectivity index (χ4v) is 3.50. The summed E-state index contributed by atoms with van der Waals surface area (Å²) < 4.78 is 11.2. The second-order valence-electron chi connectivity index (χ2n) is 7.57. The summed E-state index contributed by atoms with van der Waals surface area (Å²) in [5.41, 5.74) is 1.16. The van der Waals surface area contributed by atoms with Gasteiger partial charge in [0.05, 0.1) is 30.9 Å². The molecule has 2 aromatic rings. The number of carbonyl (C=O) groups is 2. The van der Waals surface area contributed by atoms with Crippen LogP contribution in [0.15, 0.2) is 54.4 Å². The summed E-state index contributed by atoms with van der Waals surface area (Å²) in [6.07, 6.45) is 4.04. The van der Waals surface area contributed by atoms with E-state index in [9.17, 15) is 14.7 Å². The van der Waals surface area contributed by atoms with Crippen LogP contribution >= 0.6 is 0 Å². The van der Waals surface area contributed by atoms with Crippen LogP contribution in [0.1, 0.15) is 44.4 Å². The molecular weight excluding hydrogens is 396 g/mol. The van der Waals surface area contributed by atoms with E-state index < -0.39 is 17.7 Å². The van der Waals surface area contributed by atoms with E-state index in [0.29, 0.717) is 23.5 Å². The first-order valence-electron chi connectivity index (χ1n) is 10.5. The molecule has 1 aromatic carbocycles. The number of ether oxygens (including phenoxy) is 2. The van der Waals surface area contributed by atoms with E-state index in [-0.39, 0.29) is 30.6 Å². The van der Waals surface area contributed by atoms with Crippen molar-refractivity contribution in [3.8, 4) is 5.75 Å². The molecule has 0 radical (unpaired) electrons. The Balaban J connectivity index is 2.03. The van der Waals surface area contributed by atoms with Crippen molar-refractivity contribution in [1.29, 1.82) is 0 Å². The van der Waals surface area contributed by atoms with E-state index >= 15 is 0 Å². The van der Waals surface area contributed by atoms with Crippen molar-refractivity contribution >= 4 is 17.4 Å². The van der Waals surface area contributed by atoms with Gasteiger partial charge in [-0.15, -0.1) is 0 Å². The third-order valence-corrected chi connectivity index (χ3v) is 4.93. The third kappa shape index (κ3) is 5.11. The van der Waals surface area contributed by atoms with Gasteiger partial charge in [-0.2, -0.15) is 0 Å². The second-order valence-corrected chi connectivity index (χ2v) is 7.57. The second kappa shape index (κ2) is 10.2. The van der Waals surface area contributed by atoms with Crippen LogP contribution in [-0.2, 0) is 14.3 Å². The largest absolute Gasteiger partial charge is 0.507 e. The van der Waals surface area contributed by atoms with Gasteiger partial charge in [0.2, 0.25) is 0 Å². The highest BCUT2D eigenvalue weighted by atomic mass is 16.5. The number of aromatic nitrogens is 1. The number of aliphatic hydroxyl groups excluding tert-OH is 1. The van der Waals surface area contributed by atoms with Crippen molar-refractivity contribution in [2.45, 2.75) is 39.3 Å². The minimum atomic E-state index is -0.723. The van der Waals surface area contributed by atoms with Gasteiger partial charge in [-0.05, 0) is 50.1 Å². The monoisotopic (exact) mass is 424 g/mol. The molecule has 3 rings (SSSR count). The summed E-state index contributed by atoms with van der Waals surface area (Å²) >= 11 is 0. The Morgan fingerprint density at radius 1 is 1.16 bits per heavy atom. The fraction of sp³-hybridized carbons (Fsp3) is 0.375. The van der Waals surface area contributed by atoms with Gasteiger partial charge in [-0.1, -0.05) is 19.1 Å². The standard InChI is InChI=1S/C24H28N2O5/c1-4-13-31-19-7-5-6-18(15-19)22(27)20-21(17-8-10-25-11-9-17)26(24(29)23(20)28)12-14-30-16(2)3/h5-11,15-16,21,27H,4,12-14H2,1-3H3/b22-20-. The van der Waals surface area contributed by atoms with Crippen molar-refractivity contribution in [3.05, 3.63) is 65.5 Å². The Labute approximate surface area is 182 Å². The molecule has 1 aromatic heterocycles. The minimum Gasteiger partial charge on any atom is -0.507 e. The Morgan fingerprint density at radius 3 is 2.58 bits per heavy atom. The van der Waals surface area contributed by atoms with Gasteiger partial charge in [0, 0.05) is 24.5 Å². The average Bonchev–Trinajstić information content (AvgIpc) is 3.02. The lowest BCUT2D eigenvalue weighted by molar-refractivity contribution is -0.140. The molecule has 164 valence electrons. The van der Waals surface area contributed by atoms with Gasteiger partial charge in [-0.25, -0.2) is 0 Å². The van der Waals surface area contributed by atoms with Gasteiger partial charge in [0.15, 0.2) is 0 Å². The third-order valence-electron chi connectivity index (χ3n) is 4.93. The molecule has 1 atom stereocenters. The van der Waals surface area contributed by atoms with Crippen molar-refractivity contribution in [3.63, 3.8) is 0 Å². The van der Waals surface area contributed by atoms with Gasteiger partial charge >= 0.3 is 0 Å². The van der Waals surface area contributed by atoms with Crippen LogP contribution in [0.2, 0.25) is 0 Å². The van der Waals surface area contributed by atoms with Gasteiger partial charge in [0.1, 0.15) is 11.5 Å². The maximum absolute atomic E-state index is 13.0. The average molecular weight is 424 g/mol. The van der Waals surface area contributed by atoms with Crippen LogP contribution in [0.3, 0.4) is 0 Å². The van der Waals surface area contributed by atoms with E-state index in [2.05, 4.69) is 4.98 Å². The summed E-state index contributed by atoms with van der Waals surface area (Å²) in [5, 5.41) is 11.1. The molecule has 0 bridgehead atoms. The number of amides is 1. The number of likely N-dealkylation sites (tertiary alicyclic amines) is 1. The molecule has 31 heavy (non-hydrogen) atoms. The van der Waals surface area contributed by atoms with Gasteiger partial charge in [0.25, 0.3) is 11.7 Å². The van der Waals surface area contributed by atoms with E-state index in [1.807, 2.05) is 20.8 Å². The lowest BCUT2D eigenvalue weighted by atomic mass is 9.96. The molecular formula is C24H28N2O5. The minimum absolute atomic E-state index is 0.00191. The zero-order valence-electron chi connectivity index (χ0n) is 18.1. The first-order chi connectivity index (χ1) is 14.9. The van der Waals surface area contributed by atoms with Crippen molar-refractivity contribution in [1.82, 2.24) is 9.88 Å². The fourth-order valence-electron chi connectivity index (χ4n) is 3.50. The van der Waals surface area contributed by atoms with Crippen LogP contribution in [0.5, 0.6) is 5.75 Å². The molecule has 1 saturated heterocycles. The van der Waals surface area contributed by atoms with Crippen LogP contribution in [0.25, 0.3) is 5.76 Å². The zero-order valence-corrected chi connectivity index (χ0v) is 18.1. The number of pyridine rings is 1. The molecule has 2 heterocycles. The maximum Gasteiger partial charge on any atom is 0.295 e. The highest BCUT2D eigenvalue weighted by molar-refractivity contribution is 6.46. The molecule has 7 heteroatoms. The predicted octanol–water partition coefficient (Wildman–Crippen LogP) is 3.72. The normalized spacial score (nSPS) is 18.1. The number of ketones is 1. The summed E-state index contributed by atoms with van der Waals surface area (Å²) in [4.78, 5) is 31.3. The number of aliphatic hydroxyl groups is 1. The van der Waals surface area contributed by atoms with Crippen LogP contribution < -0.4 is 4.74 Å². The summed E-state index contributed by atoms with van der Waals surface area (Å²) in [6.45, 7) is 6.87. The molecule has 1 aliphatic heterocycles. The summed E-state index contributed by atoms with van der Waals surface area (Å²) in [5.74, 6) is -1.02. The van der Waals surface area contributed by atoms with Crippen LogP contribution in [0, 0.1) is 0 Å². The predicted molar refractivity (Wildman–Crippen MR) is 117 cm³/mol. The van der Waals surface area contributed by atoms with Gasteiger partial charge in [-0.3, -0.25) is 14.6 Å². The Morgan fingerprint density at radius 2 is 1.90 bits per heavy atom. The van der Waals surface area contributed by atoms with E-state index in [0.717, 1.165) is 6.42 Å². The number of hydrogen-bond donors (Lipinski definition) is 1. The maximum atomic E-state index is 13.0. The summed E-state index contributed by atoms with van der Waals surface area (Å²) in [7, 11) is 0. The van der Waals surface area contributed by atoms with Crippen LogP contribution in [-0.4, -0.2) is 52.5 Å². The molecule has 7 nitrogen and oxygen atoms in total. The number of hydrogen-bond acceptors (Lipinski definition) is 6. The highest BCUT2D eigenvalue weighted by Gasteiger charge is 2.45. The SMILES string of the molecule is CCCOc1cccc(/C(O)=C2/C(=O)C(=O)N(CCOC(C)C)C2c2ccncc2)c1. The molecule has 0 spiro atoms. The number of benzene rings is 1. The summed E-state index contributed by atoms with van der Waals surface area (Å²) in [6, 6.07) is 9.64. The van der Waals surface area contributed by atoms with E-state index in [1.54, 1.807) is 48.8 Å². The molecule has 1 unspecified atom stereocenters. The Bertz CT molecular complexity index is 955. The van der Waals surface area contributed by atoms with Crippen LogP contribution in [0.4, 0.5) is 0 Å². The van der Waals surface area contributed by atoms with E-state index in [4.69, 9.17) is 9.47 Å². The number of nitrogens with zero attached hydrogens (tertiary/aromatic N) is 2. The number of Topliss-reactive ketones (excluding diaryl/α,β-unsaturated/α-hetero) is 1. The number of rotatable bonds is 9. The molecule has 0 saturated carbocycles. The van der Waals surface area contributed by atoms with Crippen molar-refractivity contribution in [2.75, 3.05) is 19.8 Å². The molecule has 1 aliphatic rings. The molecule has 1 N–H and O–H groups in total. The Hall–Kier alpha value is -3.19. The first kappa shape index (κ1) is 22.5. The molecule has 1 fully saturated rings. The zero-order chi connectivity index (χ0) is 22.4. The molecule has 1 amide bonds. The lowest BCUT2D eigenvalue weighted by Crippen LogP contribution is -2.33. The van der Waals surface area contributed by atoms with Gasteiger partial charge < -0.3 is 19.5 Å². The molecule has 0 aliphatic carbocycles. The first-order valence-corrected chi connectivity index (χ1v) is 10.5. The quantitative estimate of drug-likeness (QED) is 0.375. The highest BCUT2D eigenvalue weighted by Crippen LogP contribution is 2.39. The van der Waals surface area contributed by atoms with Crippen molar-refractivity contribution < 1.29 is 24.2 Å². The Kier molecular flexibility index (Phi) is 7.41. The van der Waals surface area contributed by atoms with Crippen molar-refractivity contribution in [2.24, 2.45) is 0 Å². The lowest BCUT2D eigenvalue weighted by Gasteiger charge is -2.25. The topological polar surface area (TPSA) is 89.0 Å². The number of carbonyl (C=O) groups excluding carboxylic acids is 2. The van der Waals surface area contributed by atoms with E-state index in [1.165, 1.54) is 4.90 Å². The smallest absolute Gasteiger partial charge is 0.295 e.